The van der Waals surface area contributed by atoms with Crippen LogP contribution in [0.25, 0.3) is 0 Å². The van der Waals surface area contributed by atoms with Crippen molar-refractivity contribution in [2.75, 3.05) is 18.0 Å². The van der Waals surface area contributed by atoms with Crippen LogP contribution in [0.4, 0.5) is 11.4 Å². The van der Waals surface area contributed by atoms with Crippen molar-refractivity contribution in [3.05, 3.63) is 59.2 Å². The lowest BCUT2D eigenvalue weighted by Crippen LogP contribution is -2.26. The summed E-state index contributed by atoms with van der Waals surface area (Å²) in [5.74, 6) is 0. The summed E-state index contributed by atoms with van der Waals surface area (Å²) in [5.41, 5.74) is 7.27. The lowest BCUT2D eigenvalue weighted by Gasteiger charge is -2.27. The van der Waals surface area contributed by atoms with E-state index in [2.05, 4.69) is 52.7 Å². The van der Waals surface area contributed by atoms with Gasteiger partial charge in [0, 0.05) is 24.5 Å². The molecule has 2 aliphatic heterocycles. The van der Waals surface area contributed by atoms with Gasteiger partial charge < -0.3 is 10.2 Å². The number of rotatable bonds is 1. The highest BCUT2D eigenvalue weighted by molar-refractivity contribution is 5.73. The number of anilines is 2. The fourth-order valence-electron chi connectivity index (χ4n) is 3.34. The molecule has 0 saturated heterocycles. The zero-order chi connectivity index (χ0) is 12.7. The van der Waals surface area contributed by atoms with E-state index < -0.39 is 0 Å². The van der Waals surface area contributed by atoms with Gasteiger partial charge in [-0.25, -0.2) is 0 Å². The Kier molecular flexibility index (Phi) is 2.56. The molecule has 1 N–H and O–H groups in total. The lowest BCUT2D eigenvalue weighted by atomic mass is 9.98. The van der Waals surface area contributed by atoms with Crippen LogP contribution >= 0.6 is 0 Å². The van der Waals surface area contributed by atoms with Gasteiger partial charge >= 0.3 is 0 Å². The molecule has 2 aromatic carbocycles. The number of hydrogen-bond donors (Lipinski definition) is 1. The first kappa shape index (κ1) is 11.1. The van der Waals surface area contributed by atoms with E-state index in [1.165, 1.54) is 28.1 Å². The van der Waals surface area contributed by atoms with Crippen molar-refractivity contribution in [2.24, 2.45) is 0 Å². The average molecular weight is 250 g/mol. The van der Waals surface area contributed by atoms with Crippen molar-refractivity contribution in [1.82, 2.24) is 5.32 Å². The van der Waals surface area contributed by atoms with Gasteiger partial charge in [0.2, 0.25) is 0 Å². The molecule has 0 saturated carbocycles. The second-order valence-electron chi connectivity index (χ2n) is 5.37. The second-order valence-corrected chi connectivity index (χ2v) is 5.37. The third-order valence-electron chi connectivity index (χ3n) is 4.30. The SMILES string of the molecule is c1ccc2c(c1)CCN2c1cccc2c1CNCC2. The largest absolute Gasteiger partial charge is 0.341 e. The maximum absolute atomic E-state index is 3.50. The number of hydrogen-bond acceptors (Lipinski definition) is 2. The zero-order valence-corrected chi connectivity index (χ0v) is 11.0. The Bertz CT molecular complexity index is 618. The molecule has 2 heterocycles. The van der Waals surface area contributed by atoms with Crippen molar-refractivity contribution < 1.29 is 0 Å². The summed E-state index contributed by atoms with van der Waals surface area (Å²) < 4.78 is 0. The van der Waals surface area contributed by atoms with Gasteiger partial charge in [-0.1, -0.05) is 30.3 Å². The molecule has 0 spiro atoms. The van der Waals surface area contributed by atoms with Crippen LogP contribution in [0.1, 0.15) is 16.7 Å². The van der Waals surface area contributed by atoms with Crippen LogP contribution < -0.4 is 10.2 Å². The molecule has 2 nitrogen and oxygen atoms in total. The molecular weight excluding hydrogens is 232 g/mol. The van der Waals surface area contributed by atoms with E-state index in [4.69, 9.17) is 0 Å². The van der Waals surface area contributed by atoms with Crippen molar-refractivity contribution in [3.63, 3.8) is 0 Å². The van der Waals surface area contributed by atoms with E-state index in [1.54, 1.807) is 0 Å². The Morgan fingerprint density at radius 2 is 1.68 bits per heavy atom. The maximum atomic E-state index is 3.50. The summed E-state index contributed by atoms with van der Waals surface area (Å²) in [5, 5.41) is 3.50. The number of fused-ring (bicyclic) bond motifs is 2. The molecule has 0 bridgehead atoms. The molecule has 0 aromatic heterocycles. The summed E-state index contributed by atoms with van der Waals surface area (Å²) in [7, 11) is 0. The molecule has 0 atom stereocenters. The highest BCUT2D eigenvalue weighted by atomic mass is 15.2. The molecule has 96 valence electrons. The molecule has 0 unspecified atom stereocenters. The zero-order valence-electron chi connectivity index (χ0n) is 11.0. The number of benzene rings is 2. The quantitative estimate of drug-likeness (QED) is 0.837. The predicted molar refractivity (Wildman–Crippen MR) is 79.0 cm³/mol. The normalized spacial score (nSPS) is 17.2. The van der Waals surface area contributed by atoms with E-state index in [1.807, 2.05) is 0 Å². The predicted octanol–water partition coefficient (Wildman–Crippen LogP) is 3.03. The van der Waals surface area contributed by atoms with Crippen molar-refractivity contribution >= 4 is 11.4 Å². The third kappa shape index (κ3) is 1.75. The first-order valence-electron chi connectivity index (χ1n) is 7.10. The molecule has 2 aliphatic rings. The molecule has 0 aliphatic carbocycles. The second kappa shape index (κ2) is 4.39. The van der Waals surface area contributed by atoms with Crippen LogP contribution in [-0.2, 0) is 19.4 Å². The minimum atomic E-state index is 1.00. The van der Waals surface area contributed by atoms with Gasteiger partial charge in [-0.3, -0.25) is 0 Å². The number of para-hydroxylation sites is 1. The van der Waals surface area contributed by atoms with Crippen molar-refractivity contribution in [1.29, 1.82) is 0 Å². The van der Waals surface area contributed by atoms with Crippen molar-refractivity contribution in [2.45, 2.75) is 19.4 Å². The average Bonchev–Trinajstić information content (AvgIpc) is 2.90. The van der Waals surface area contributed by atoms with Gasteiger partial charge in [0.25, 0.3) is 0 Å². The van der Waals surface area contributed by atoms with E-state index in [9.17, 15) is 0 Å². The van der Waals surface area contributed by atoms with Gasteiger partial charge in [-0.05, 0) is 48.2 Å². The third-order valence-corrected chi connectivity index (χ3v) is 4.30. The number of nitrogens with one attached hydrogen (secondary N) is 1. The molecule has 0 amide bonds. The molecule has 0 fully saturated rings. The molecule has 0 radical (unpaired) electrons. The summed E-state index contributed by atoms with van der Waals surface area (Å²) in [4.78, 5) is 2.49. The summed E-state index contributed by atoms with van der Waals surface area (Å²) in [6.45, 7) is 3.22. The van der Waals surface area contributed by atoms with E-state index in [0.29, 0.717) is 0 Å². The molecule has 19 heavy (non-hydrogen) atoms. The Morgan fingerprint density at radius 1 is 0.842 bits per heavy atom. The maximum Gasteiger partial charge on any atom is 0.0459 e. The van der Waals surface area contributed by atoms with E-state index >= 15 is 0 Å². The smallest absolute Gasteiger partial charge is 0.0459 e. The fraction of sp³-hybridized carbons (Fsp3) is 0.294. The van der Waals surface area contributed by atoms with Crippen molar-refractivity contribution in [3.8, 4) is 0 Å². The minimum Gasteiger partial charge on any atom is -0.341 e. The van der Waals surface area contributed by atoms with Gasteiger partial charge in [0.1, 0.15) is 0 Å². The molecule has 2 aromatic rings. The van der Waals surface area contributed by atoms with Crippen LogP contribution in [0.3, 0.4) is 0 Å². The lowest BCUT2D eigenvalue weighted by molar-refractivity contribution is 0.643. The minimum absolute atomic E-state index is 1.00. The molecular formula is C17H18N2. The summed E-state index contributed by atoms with van der Waals surface area (Å²) >= 11 is 0. The van der Waals surface area contributed by atoms with Crippen LogP contribution in [0.2, 0.25) is 0 Å². The summed E-state index contributed by atoms with van der Waals surface area (Å²) in [6.07, 6.45) is 2.31. The van der Waals surface area contributed by atoms with E-state index in [-0.39, 0.29) is 0 Å². The van der Waals surface area contributed by atoms with Crippen LogP contribution in [-0.4, -0.2) is 13.1 Å². The highest BCUT2D eigenvalue weighted by Gasteiger charge is 2.23. The van der Waals surface area contributed by atoms with Crippen LogP contribution in [0, 0.1) is 0 Å². The monoisotopic (exact) mass is 250 g/mol. The van der Waals surface area contributed by atoms with Gasteiger partial charge in [0.05, 0.1) is 0 Å². The Balaban J connectivity index is 1.82. The first-order chi connectivity index (χ1) is 9.43. The standard InChI is InChI=1S/C17H18N2/c1-2-6-16-14(4-1)9-11-19(16)17-7-3-5-13-8-10-18-12-15(13)17/h1-7,18H,8-12H2. The molecule has 4 rings (SSSR count). The Morgan fingerprint density at radius 3 is 2.68 bits per heavy atom. The van der Waals surface area contributed by atoms with Gasteiger partial charge in [-0.15, -0.1) is 0 Å². The Labute approximate surface area is 114 Å². The van der Waals surface area contributed by atoms with E-state index in [0.717, 1.165) is 32.5 Å². The topological polar surface area (TPSA) is 15.3 Å². The summed E-state index contributed by atoms with van der Waals surface area (Å²) in [6, 6.07) is 15.5. The Hall–Kier alpha value is -1.80. The number of nitrogens with zero attached hydrogens (tertiary/aromatic N) is 1. The van der Waals surface area contributed by atoms with Crippen LogP contribution in [0.5, 0.6) is 0 Å². The fourth-order valence-corrected chi connectivity index (χ4v) is 3.34. The molecule has 2 heteroatoms. The first-order valence-corrected chi connectivity index (χ1v) is 7.10. The van der Waals surface area contributed by atoms with Gasteiger partial charge in [0.15, 0.2) is 0 Å². The highest BCUT2D eigenvalue weighted by Crippen LogP contribution is 2.37. The van der Waals surface area contributed by atoms with Gasteiger partial charge in [-0.2, -0.15) is 0 Å². The van der Waals surface area contributed by atoms with Crippen LogP contribution in [0.15, 0.2) is 42.5 Å².